The van der Waals surface area contributed by atoms with E-state index in [-0.39, 0.29) is 35.7 Å². The number of benzene rings is 1. The van der Waals surface area contributed by atoms with Gasteiger partial charge in [0.2, 0.25) is 0 Å². The van der Waals surface area contributed by atoms with Crippen LogP contribution in [0.2, 0.25) is 0 Å². The Bertz CT molecular complexity index is 1170. The summed E-state index contributed by atoms with van der Waals surface area (Å²) in [7, 11) is 0. The third-order valence-corrected chi connectivity index (χ3v) is 10.3. The Balaban J connectivity index is 1.67. The highest BCUT2D eigenvalue weighted by molar-refractivity contribution is 7.18. The molecule has 1 N–H and O–H groups in total. The number of aromatic nitrogens is 1. The van der Waals surface area contributed by atoms with Crippen molar-refractivity contribution in [2.24, 2.45) is 23.2 Å². The number of fused-ring (bicyclic) bond motifs is 2. The highest BCUT2D eigenvalue weighted by atomic mass is 32.1. The van der Waals surface area contributed by atoms with Crippen LogP contribution in [0.1, 0.15) is 91.1 Å². The van der Waals surface area contributed by atoms with Crippen LogP contribution in [-0.4, -0.2) is 39.7 Å². The van der Waals surface area contributed by atoms with Gasteiger partial charge in [-0.3, -0.25) is 9.59 Å². The summed E-state index contributed by atoms with van der Waals surface area (Å²) in [6, 6.07) is 6.03. The van der Waals surface area contributed by atoms with Crippen LogP contribution in [-0.2, 0) is 24.7 Å². The second-order valence-electron chi connectivity index (χ2n) is 12.6. The Morgan fingerprint density at radius 2 is 1.81 bits per heavy atom. The normalized spacial score (nSPS) is 37.7. The maximum atomic E-state index is 13.5. The van der Waals surface area contributed by atoms with Crippen LogP contribution in [0.15, 0.2) is 18.2 Å². The number of nitrogens with zero attached hydrogens (tertiary/aromatic N) is 1. The van der Waals surface area contributed by atoms with Crippen LogP contribution < -0.4 is 0 Å². The standard InChI is InChI=1S/C30H43NO5S/c1-17-10-9-13-29(7)25(35-29)16-30(8,21-11-12-23-22(14-21)31-20(4)37-23)36-26(33)15-24(32)28(5,6)27(34)19(3)18(17)2/h11-12,14,17-19,24-25,32H,9-10,13,15-16H2,1-8H3. The minimum Gasteiger partial charge on any atom is -0.454 e. The van der Waals surface area contributed by atoms with Gasteiger partial charge < -0.3 is 14.6 Å². The van der Waals surface area contributed by atoms with Crippen LogP contribution in [0.4, 0.5) is 0 Å². The Hall–Kier alpha value is -1.83. The van der Waals surface area contributed by atoms with Crippen molar-refractivity contribution < 1.29 is 24.2 Å². The van der Waals surface area contributed by atoms with E-state index in [0.29, 0.717) is 12.3 Å². The number of carbonyl (C=O) groups is 2. The molecule has 2 aromatic rings. The quantitative estimate of drug-likeness (QED) is 0.342. The van der Waals surface area contributed by atoms with E-state index in [9.17, 15) is 14.7 Å². The van der Waals surface area contributed by atoms with Crippen LogP contribution in [0.5, 0.6) is 0 Å². The number of aryl methyl sites for hydroxylation is 1. The number of aliphatic hydroxyl groups is 1. The van der Waals surface area contributed by atoms with Gasteiger partial charge in [-0.2, -0.15) is 0 Å². The number of hydrogen-bond acceptors (Lipinski definition) is 7. The van der Waals surface area contributed by atoms with Gasteiger partial charge in [-0.05, 0) is 56.7 Å². The smallest absolute Gasteiger partial charge is 0.309 e. The first kappa shape index (κ1) is 28.2. The van der Waals surface area contributed by atoms with Crippen molar-refractivity contribution in [3.63, 3.8) is 0 Å². The Labute approximate surface area is 225 Å². The summed E-state index contributed by atoms with van der Waals surface area (Å²) < 4.78 is 13.5. The van der Waals surface area contributed by atoms with E-state index in [1.165, 1.54) is 0 Å². The van der Waals surface area contributed by atoms with Gasteiger partial charge in [0, 0.05) is 12.3 Å². The molecule has 3 heterocycles. The van der Waals surface area contributed by atoms with Gasteiger partial charge in [0.05, 0.1) is 44.9 Å². The fraction of sp³-hybridized carbons (Fsp3) is 0.700. The van der Waals surface area contributed by atoms with Gasteiger partial charge in [0.25, 0.3) is 0 Å². The first-order valence-electron chi connectivity index (χ1n) is 13.7. The van der Waals surface area contributed by atoms with Crippen molar-refractivity contribution in [2.45, 2.75) is 111 Å². The van der Waals surface area contributed by atoms with E-state index in [4.69, 9.17) is 9.47 Å². The van der Waals surface area contributed by atoms with E-state index >= 15 is 0 Å². The number of carbonyl (C=O) groups excluding carboxylic acids is 2. The molecule has 4 rings (SSSR count). The number of Topliss-reactive ketones (excluding diaryl/α,β-unsaturated/α-hetero) is 1. The molecule has 0 saturated carbocycles. The second-order valence-corrected chi connectivity index (χ2v) is 13.8. The molecule has 6 nitrogen and oxygen atoms in total. The number of ether oxygens (including phenoxy) is 2. The molecule has 2 fully saturated rings. The molecule has 0 spiro atoms. The molecule has 37 heavy (non-hydrogen) atoms. The summed E-state index contributed by atoms with van der Waals surface area (Å²) in [5, 5.41) is 12.1. The van der Waals surface area contributed by atoms with Crippen molar-refractivity contribution in [3.05, 3.63) is 28.8 Å². The second kappa shape index (κ2) is 10.0. The third-order valence-electron chi connectivity index (χ3n) is 9.32. The number of hydrogen-bond donors (Lipinski definition) is 1. The van der Waals surface area contributed by atoms with Crippen LogP contribution in [0.3, 0.4) is 0 Å². The third kappa shape index (κ3) is 5.64. The summed E-state index contributed by atoms with van der Waals surface area (Å²) in [5.41, 5.74) is -0.524. The Kier molecular flexibility index (Phi) is 7.65. The van der Waals surface area contributed by atoms with E-state index in [0.717, 1.165) is 40.1 Å². The molecule has 2 aliphatic heterocycles. The number of epoxide rings is 1. The Morgan fingerprint density at radius 3 is 2.51 bits per heavy atom. The average Bonchev–Trinajstić information content (AvgIpc) is 3.27. The van der Waals surface area contributed by atoms with Gasteiger partial charge in [0.1, 0.15) is 11.4 Å². The van der Waals surface area contributed by atoms with Gasteiger partial charge >= 0.3 is 5.97 Å². The molecule has 0 bridgehead atoms. The Morgan fingerprint density at radius 1 is 1.11 bits per heavy atom. The van der Waals surface area contributed by atoms with E-state index in [2.05, 4.69) is 25.8 Å². The zero-order valence-electron chi connectivity index (χ0n) is 23.6. The first-order chi connectivity index (χ1) is 17.2. The van der Waals surface area contributed by atoms with Crippen LogP contribution in [0.25, 0.3) is 10.2 Å². The largest absolute Gasteiger partial charge is 0.454 e. The van der Waals surface area contributed by atoms with Crippen LogP contribution in [0, 0.1) is 30.1 Å². The van der Waals surface area contributed by atoms with E-state index in [1.807, 2.05) is 39.0 Å². The lowest BCUT2D eigenvalue weighted by Crippen LogP contribution is -2.44. The number of ketones is 1. The van der Waals surface area contributed by atoms with Gasteiger partial charge in [-0.25, -0.2) is 4.98 Å². The molecular weight excluding hydrogens is 486 g/mol. The maximum Gasteiger partial charge on any atom is 0.309 e. The van der Waals surface area contributed by atoms with Crippen molar-refractivity contribution in [1.82, 2.24) is 4.98 Å². The number of thiazole rings is 1. The zero-order chi connectivity index (χ0) is 27.3. The van der Waals surface area contributed by atoms with Crippen molar-refractivity contribution in [1.29, 1.82) is 0 Å². The molecule has 2 saturated heterocycles. The van der Waals surface area contributed by atoms with Gasteiger partial charge in [0.15, 0.2) is 0 Å². The molecule has 0 radical (unpaired) electrons. The minimum atomic E-state index is -1.14. The van der Waals surface area contributed by atoms with Gasteiger partial charge in [-0.15, -0.1) is 11.3 Å². The van der Waals surface area contributed by atoms with Crippen molar-refractivity contribution in [2.75, 3.05) is 0 Å². The summed E-state index contributed by atoms with van der Waals surface area (Å²) in [4.78, 5) is 31.4. The highest BCUT2D eigenvalue weighted by Crippen LogP contribution is 2.49. The lowest BCUT2D eigenvalue weighted by Gasteiger charge is -2.36. The predicted molar refractivity (Wildman–Crippen MR) is 146 cm³/mol. The average molecular weight is 530 g/mol. The van der Waals surface area contributed by atoms with Crippen LogP contribution >= 0.6 is 11.3 Å². The molecule has 1 aromatic heterocycles. The number of cyclic esters (lactones) is 1. The predicted octanol–water partition coefficient (Wildman–Crippen LogP) is 6.35. The molecular formula is C30H43NO5S. The highest BCUT2D eigenvalue weighted by Gasteiger charge is 2.55. The monoisotopic (exact) mass is 529 g/mol. The molecule has 7 heteroatoms. The lowest BCUT2D eigenvalue weighted by molar-refractivity contribution is -0.165. The van der Waals surface area contributed by atoms with E-state index in [1.54, 1.807) is 25.2 Å². The molecule has 7 atom stereocenters. The summed E-state index contributed by atoms with van der Waals surface area (Å²) in [6.45, 7) is 15.8. The first-order valence-corrected chi connectivity index (χ1v) is 14.5. The number of esters is 1. The lowest BCUT2D eigenvalue weighted by atomic mass is 9.70. The molecule has 204 valence electrons. The summed E-state index contributed by atoms with van der Waals surface area (Å²) in [6.07, 6.45) is 2.06. The topological polar surface area (TPSA) is 89.0 Å². The number of rotatable bonds is 1. The molecule has 7 unspecified atom stereocenters. The summed E-state index contributed by atoms with van der Waals surface area (Å²) >= 11 is 1.63. The van der Waals surface area contributed by atoms with E-state index < -0.39 is 23.1 Å². The maximum absolute atomic E-state index is 13.5. The fourth-order valence-electron chi connectivity index (χ4n) is 5.94. The molecule has 1 aromatic carbocycles. The fourth-order valence-corrected chi connectivity index (χ4v) is 6.75. The molecule has 0 aliphatic carbocycles. The SMILES string of the molecule is Cc1nc2cc(C3(C)CC4OC4(C)CCCC(C)C(C)C(C)C(=O)C(C)(C)C(O)CC(=O)O3)ccc2s1. The minimum absolute atomic E-state index is 0.0103. The zero-order valence-corrected chi connectivity index (χ0v) is 24.4. The van der Waals surface area contributed by atoms with Crippen molar-refractivity contribution in [3.8, 4) is 0 Å². The van der Waals surface area contributed by atoms with Crippen molar-refractivity contribution >= 4 is 33.3 Å². The van der Waals surface area contributed by atoms with Gasteiger partial charge in [-0.1, -0.05) is 53.5 Å². The molecule has 0 amide bonds. The molecule has 2 aliphatic rings. The number of aliphatic hydroxyl groups excluding tert-OH is 1. The summed E-state index contributed by atoms with van der Waals surface area (Å²) in [5.74, 6) is -0.209.